The maximum atomic E-state index is 11.0. The van der Waals surface area contributed by atoms with Gasteiger partial charge in [0.15, 0.2) is 0 Å². The number of hydrogen-bond donors (Lipinski definition) is 3. The molecule has 1 heterocycles. The number of carbonyl (C=O) groups is 2. The van der Waals surface area contributed by atoms with Crippen molar-refractivity contribution < 1.29 is 9.59 Å². The summed E-state index contributed by atoms with van der Waals surface area (Å²) in [5.74, 6) is -0.213. The second kappa shape index (κ2) is 5.10. The van der Waals surface area contributed by atoms with Crippen LogP contribution >= 0.6 is 12.4 Å². The van der Waals surface area contributed by atoms with E-state index in [-0.39, 0.29) is 29.8 Å². The Morgan fingerprint density at radius 2 is 1.76 bits per heavy atom. The minimum atomic E-state index is -0.436. The van der Waals surface area contributed by atoms with Crippen molar-refractivity contribution >= 4 is 24.3 Å². The lowest BCUT2D eigenvalue weighted by molar-refractivity contribution is -0.123. The topological polar surface area (TPSA) is 101 Å². The van der Waals surface area contributed by atoms with Crippen LogP contribution < -0.4 is 16.9 Å². The monoisotopic (exact) mass is 262 g/mol. The first-order valence-electron chi connectivity index (χ1n) is 5.66. The van der Waals surface area contributed by atoms with Gasteiger partial charge in [0.1, 0.15) is 0 Å². The van der Waals surface area contributed by atoms with Gasteiger partial charge in [-0.25, -0.2) is 10.2 Å². The maximum Gasteiger partial charge on any atom is 0.329 e. The first-order valence-corrected chi connectivity index (χ1v) is 5.66. The molecule has 0 bridgehead atoms. The summed E-state index contributed by atoms with van der Waals surface area (Å²) in [6.07, 6.45) is 4.26. The van der Waals surface area contributed by atoms with Gasteiger partial charge in [-0.05, 0) is 32.1 Å². The van der Waals surface area contributed by atoms with E-state index in [0.29, 0.717) is 6.54 Å². The largest absolute Gasteiger partial charge is 0.369 e. The van der Waals surface area contributed by atoms with Crippen LogP contribution in [-0.2, 0) is 4.79 Å². The molecule has 98 valence electrons. The van der Waals surface area contributed by atoms with Gasteiger partial charge in [0.05, 0.1) is 0 Å². The van der Waals surface area contributed by atoms with Crippen LogP contribution in [0.5, 0.6) is 0 Å². The Bertz CT molecular complexity index is 315. The van der Waals surface area contributed by atoms with Crippen LogP contribution in [-0.4, -0.2) is 29.0 Å². The number of hydrazine groups is 1. The van der Waals surface area contributed by atoms with E-state index in [4.69, 9.17) is 11.5 Å². The van der Waals surface area contributed by atoms with Crippen LogP contribution in [0.1, 0.15) is 32.1 Å². The van der Waals surface area contributed by atoms with Crippen molar-refractivity contribution in [2.24, 2.45) is 17.4 Å². The minimum absolute atomic E-state index is 0. The van der Waals surface area contributed by atoms with Gasteiger partial charge in [-0.3, -0.25) is 9.80 Å². The highest BCUT2D eigenvalue weighted by molar-refractivity contribution is 5.85. The van der Waals surface area contributed by atoms with E-state index in [9.17, 15) is 9.59 Å². The molecule has 3 amide bonds. The Kier molecular flexibility index (Phi) is 4.21. The molecule has 17 heavy (non-hydrogen) atoms. The molecule has 1 saturated heterocycles. The van der Waals surface area contributed by atoms with Crippen molar-refractivity contribution in [2.45, 2.75) is 37.6 Å². The predicted octanol–water partition coefficient (Wildman–Crippen LogP) is 0.111. The summed E-state index contributed by atoms with van der Waals surface area (Å²) in [5.41, 5.74) is 13.6. The standard InChI is InChI=1S/C10H18N4O2.ClH/c11-8(15)7-1-3-10(4-2-7)5-6-14(13-10)9(12)16;/h7,13H,1-6H2,(H2,11,15)(H2,12,16);1H. The third-order valence-corrected chi connectivity index (χ3v) is 3.80. The molecule has 1 saturated carbocycles. The summed E-state index contributed by atoms with van der Waals surface area (Å²) in [4.78, 5) is 22.1. The zero-order valence-electron chi connectivity index (χ0n) is 9.65. The molecule has 0 radical (unpaired) electrons. The summed E-state index contributed by atoms with van der Waals surface area (Å²) in [6, 6.07) is -0.436. The highest BCUT2D eigenvalue weighted by atomic mass is 35.5. The van der Waals surface area contributed by atoms with Gasteiger partial charge in [0, 0.05) is 18.0 Å². The molecule has 0 aromatic carbocycles. The highest BCUT2D eigenvalue weighted by Crippen LogP contribution is 2.37. The normalized spacial score (nSPS) is 32.2. The molecule has 2 fully saturated rings. The number of hydrogen-bond acceptors (Lipinski definition) is 3. The first kappa shape index (κ1) is 14.1. The number of primary amides is 2. The van der Waals surface area contributed by atoms with Gasteiger partial charge in [0.2, 0.25) is 5.91 Å². The Labute approximate surface area is 106 Å². The zero-order chi connectivity index (χ0) is 11.8. The van der Waals surface area contributed by atoms with Crippen molar-refractivity contribution in [1.82, 2.24) is 10.4 Å². The predicted molar refractivity (Wildman–Crippen MR) is 65.2 cm³/mol. The van der Waals surface area contributed by atoms with Gasteiger partial charge < -0.3 is 11.5 Å². The van der Waals surface area contributed by atoms with E-state index in [0.717, 1.165) is 32.1 Å². The number of urea groups is 1. The molecule has 2 rings (SSSR count). The summed E-state index contributed by atoms with van der Waals surface area (Å²) in [5, 5.41) is 1.46. The second-order valence-electron chi connectivity index (χ2n) is 4.81. The third kappa shape index (κ3) is 2.81. The fraction of sp³-hybridized carbons (Fsp3) is 0.800. The molecule has 0 aromatic heterocycles. The quantitative estimate of drug-likeness (QED) is 0.625. The molecule has 1 spiro atoms. The van der Waals surface area contributed by atoms with Gasteiger partial charge in [0.25, 0.3) is 0 Å². The first-order chi connectivity index (χ1) is 7.52. The lowest BCUT2D eigenvalue weighted by Crippen LogP contribution is -2.51. The molecule has 6 nitrogen and oxygen atoms in total. The zero-order valence-corrected chi connectivity index (χ0v) is 10.5. The summed E-state index contributed by atoms with van der Waals surface area (Å²) in [6.45, 7) is 0.649. The molecule has 0 aromatic rings. The number of halogens is 1. The van der Waals surface area contributed by atoms with E-state index in [1.165, 1.54) is 5.01 Å². The molecule has 7 heteroatoms. The van der Waals surface area contributed by atoms with E-state index in [1.54, 1.807) is 0 Å². The molecule has 1 aliphatic heterocycles. The van der Waals surface area contributed by atoms with Gasteiger partial charge in [-0.2, -0.15) is 0 Å². The third-order valence-electron chi connectivity index (χ3n) is 3.80. The van der Waals surface area contributed by atoms with Crippen LogP contribution in [0, 0.1) is 5.92 Å². The Morgan fingerprint density at radius 3 is 2.18 bits per heavy atom. The number of carbonyl (C=O) groups excluding carboxylic acids is 2. The molecular weight excluding hydrogens is 244 g/mol. The Morgan fingerprint density at radius 1 is 1.18 bits per heavy atom. The van der Waals surface area contributed by atoms with E-state index >= 15 is 0 Å². The molecule has 1 aliphatic carbocycles. The van der Waals surface area contributed by atoms with Crippen LogP contribution in [0.25, 0.3) is 0 Å². The second-order valence-corrected chi connectivity index (χ2v) is 4.81. The average molecular weight is 263 g/mol. The van der Waals surface area contributed by atoms with Crippen LogP contribution in [0.2, 0.25) is 0 Å². The molecule has 0 atom stereocenters. The van der Waals surface area contributed by atoms with Crippen molar-refractivity contribution in [3.05, 3.63) is 0 Å². The number of nitrogens with two attached hydrogens (primary N) is 2. The molecule has 5 N–H and O–H groups in total. The van der Waals surface area contributed by atoms with Crippen LogP contribution in [0.4, 0.5) is 4.79 Å². The fourth-order valence-corrected chi connectivity index (χ4v) is 2.71. The Hall–Kier alpha value is -1.01. The number of amides is 3. The maximum absolute atomic E-state index is 11.0. The average Bonchev–Trinajstić information content (AvgIpc) is 2.63. The fourth-order valence-electron chi connectivity index (χ4n) is 2.71. The van der Waals surface area contributed by atoms with Crippen molar-refractivity contribution in [3.8, 4) is 0 Å². The van der Waals surface area contributed by atoms with Crippen LogP contribution in [0.15, 0.2) is 0 Å². The highest BCUT2D eigenvalue weighted by Gasteiger charge is 2.42. The smallest absolute Gasteiger partial charge is 0.329 e. The van der Waals surface area contributed by atoms with Crippen molar-refractivity contribution in [2.75, 3.05) is 6.54 Å². The van der Waals surface area contributed by atoms with E-state index in [1.807, 2.05) is 0 Å². The number of rotatable bonds is 1. The molecule has 0 unspecified atom stereocenters. The van der Waals surface area contributed by atoms with Crippen molar-refractivity contribution in [3.63, 3.8) is 0 Å². The lowest BCUT2D eigenvalue weighted by atomic mass is 9.75. The lowest BCUT2D eigenvalue weighted by Gasteiger charge is -2.36. The van der Waals surface area contributed by atoms with Gasteiger partial charge in [-0.1, -0.05) is 0 Å². The van der Waals surface area contributed by atoms with Crippen molar-refractivity contribution in [1.29, 1.82) is 0 Å². The van der Waals surface area contributed by atoms with Gasteiger partial charge in [-0.15, -0.1) is 12.4 Å². The van der Waals surface area contributed by atoms with E-state index in [2.05, 4.69) is 5.43 Å². The van der Waals surface area contributed by atoms with Gasteiger partial charge >= 0.3 is 6.03 Å². The molecular formula is C10H19ClN4O2. The Balaban J connectivity index is 0.00000144. The minimum Gasteiger partial charge on any atom is -0.369 e. The number of nitrogens with one attached hydrogen (secondary N) is 1. The summed E-state index contributed by atoms with van der Waals surface area (Å²) in [7, 11) is 0. The van der Waals surface area contributed by atoms with E-state index < -0.39 is 6.03 Å². The summed E-state index contributed by atoms with van der Waals surface area (Å²) >= 11 is 0. The SMILES string of the molecule is Cl.NC(=O)C1CCC2(CC1)CCN(C(N)=O)N2. The van der Waals surface area contributed by atoms with Crippen LogP contribution in [0.3, 0.4) is 0 Å². The molecule has 2 aliphatic rings. The number of nitrogens with zero attached hydrogens (tertiary/aromatic N) is 1. The summed E-state index contributed by atoms with van der Waals surface area (Å²) < 4.78 is 0.